The van der Waals surface area contributed by atoms with E-state index in [9.17, 15) is 9.59 Å². The first-order valence-electron chi connectivity index (χ1n) is 6.74. The normalized spacial score (nSPS) is 17.5. The van der Waals surface area contributed by atoms with Crippen molar-refractivity contribution in [1.82, 2.24) is 15.1 Å². The first-order valence-corrected chi connectivity index (χ1v) is 6.74. The number of likely N-dealkylation sites (N-methyl/N-ethyl adjacent to an activating group) is 1. The molecule has 1 heterocycles. The fraction of sp³-hybridized carbons (Fsp3) is 0.846. The molecule has 1 rings (SSSR count). The summed E-state index contributed by atoms with van der Waals surface area (Å²) >= 11 is 0. The van der Waals surface area contributed by atoms with Crippen LogP contribution in [-0.2, 0) is 9.59 Å². The average Bonchev–Trinajstić information content (AvgIpc) is 2.31. The first kappa shape index (κ1) is 15.0. The number of carbonyl (C=O) groups excluding carboxylic acids is 2. The number of hydrogen-bond donors (Lipinski definition) is 1. The van der Waals surface area contributed by atoms with Crippen LogP contribution in [0.3, 0.4) is 0 Å². The Morgan fingerprint density at radius 1 is 1.28 bits per heavy atom. The molecule has 0 aromatic carbocycles. The van der Waals surface area contributed by atoms with Crippen LogP contribution in [0.1, 0.15) is 32.6 Å². The minimum absolute atomic E-state index is 0.142. The molecule has 18 heavy (non-hydrogen) atoms. The Kier molecular flexibility index (Phi) is 6.12. The van der Waals surface area contributed by atoms with Crippen LogP contribution < -0.4 is 5.32 Å². The number of nitrogens with one attached hydrogen (secondary N) is 1. The summed E-state index contributed by atoms with van der Waals surface area (Å²) in [5.41, 5.74) is 0. The van der Waals surface area contributed by atoms with E-state index in [0.29, 0.717) is 13.0 Å². The fourth-order valence-corrected chi connectivity index (χ4v) is 2.10. The minimum atomic E-state index is 0.142. The Hall–Kier alpha value is -1.10. The molecule has 0 radical (unpaired) electrons. The summed E-state index contributed by atoms with van der Waals surface area (Å²) in [4.78, 5) is 26.8. The maximum Gasteiger partial charge on any atom is 0.236 e. The third-order valence-electron chi connectivity index (χ3n) is 3.29. The van der Waals surface area contributed by atoms with Crippen molar-refractivity contribution in [2.24, 2.45) is 0 Å². The van der Waals surface area contributed by atoms with Gasteiger partial charge in [-0.05, 0) is 19.3 Å². The molecule has 5 nitrogen and oxygen atoms in total. The highest BCUT2D eigenvalue weighted by atomic mass is 16.2. The Labute approximate surface area is 110 Å². The van der Waals surface area contributed by atoms with Crippen molar-refractivity contribution in [1.29, 1.82) is 0 Å². The molecule has 0 saturated carbocycles. The van der Waals surface area contributed by atoms with Crippen LogP contribution in [0, 0.1) is 0 Å². The van der Waals surface area contributed by atoms with Crippen LogP contribution >= 0.6 is 0 Å². The van der Waals surface area contributed by atoms with Gasteiger partial charge in [0.15, 0.2) is 0 Å². The van der Waals surface area contributed by atoms with Gasteiger partial charge in [0.25, 0.3) is 0 Å². The van der Waals surface area contributed by atoms with Gasteiger partial charge in [0.05, 0.1) is 6.54 Å². The van der Waals surface area contributed by atoms with Gasteiger partial charge in [0.1, 0.15) is 0 Å². The van der Waals surface area contributed by atoms with Crippen LogP contribution in [0.2, 0.25) is 0 Å². The van der Waals surface area contributed by atoms with E-state index in [1.165, 1.54) is 0 Å². The minimum Gasteiger partial charge on any atom is -0.353 e. The summed E-state index contributed by atoms with van der Waals surface area (Å²) < 4.78 is 0. The molecule has 1 saturated heterocycles. The van der Waals surface area contributed by atoms with E-state index in [1.807, 2.05) is 6.92 Å². The predicted molar refractivity (Wildman–Crippen MR) is 71.2 cm³/mol. The van der Waals surface area contributed by atoms with E-state index in [1.54, 1.807) is 19.0 Å². The predicted octanol–water partition coefficient (Wildman–Crippen LogP) is 0.455. The Morgan fingerprint density at radius 2 is 1.89 bits per heavy atom. The molecule has 0 aromatic rings. The van der Waals surface area contributed by atoms with Gasteiger partial charge in [-0.1, -0.05) is 6.92 Å². The van der Waals surface area contributed by atoms with Gasteiger partial charge in [-0.15, -0.1) is 0 Å². The molecule has 5 heteroatoms. The van der Waals surface area contributed by atoms with E-state index < -0.39 is 0 Å². The van der Waals surface area contributed by atoms with Gasteiger partial charge in [0, 0.05) is 39.6 Å². The van der Waals surface area contributed by atoms with Gasteiger partial charge in [0.2, 0.25) is 11.8 Å². The van der Waals surface area contributed by atoms with Gasteiger partial charge >= 0.3 is 0 Å². The Bertz CT molecular complexity index is 284. The summed E-state index contributed by atoms with van der Waals surface area (Å²) in [6, 6.07) is 0.287. The molecular weight excluding hydrogens is 230 g/mol. The van der Waals surface area contributed by atoms with E-state index in [0.717, 1.165) is 32.4 Å². The number of carbonyl (C=O) groups is 2. The number of nitrogens with zero attached hydrogens (tertiary/aromatic N) is 2. The molecule has 104 valence electrons. The molecular formula is C13H25N3O2. The van der Waals surface area contributed by atoms with Gasteiger partial charge in [-0.25, -0.2) is 0 Å². The van der Waals surface area contributed by atoms with Crippen molar-refractivity contribution in [2.45, 2.75) is 38.6 Å². The van der Waals surface area contributed by atoms with E-state index in [2.05, 4.69) is 10.2 Å². The standard InChI is InChI=1S/C13H25N3O2/c1-4-5-12(17)14-11-6-8-16(9-7-11)10-13(18)15(2)3/h11H,4-10H2,1-3H3,(H,14,17). The number of piperidine rings is 1. The zero-order valence-electron chi connectivity index (χ0n) is 11.7. The molecule has 0 unspecified atom stereocenters. The second-order valence-corrected chi connectivity index (χ2v) is 5.16. The number of rotatable bonds is 5. The smallest absolute Gasteiger partial charge is 0.236 e. The molecule has 1 aliphatic rings. The second-order valence-electron chi connectivity index (χ2n) is 5.16. The first-order chi connectivity index (χ1) is 8.52. The van der Waals surface area contributed by atoms with Crippen molar-refractivity contribution in [3.63, 3.8) is 0 Å². The van der Waals surface area contributed by atoms with Crippen molar-refractivity contribution in [2.75, 3.05) is 33.7 Å². The van der Waals surface area contributed by atoms with Crippen LogP contribution in [0.25, 0.3) is 0 Å². The Balaban J connectivity index is 2.24. The van der Waals surface area contributed by atoms with E-state index in [4.69, 9.17) is 0 Å². The maximum atomic E-state index is 11.6. The molecule has 2 amide bonds. The van der Waals surface area contributed by atoms with Gasteiger partial charge in [-0.2, -0.15) is 0 Å². The van der Waals surface area contributed by atoms with Crippen molar-refractivity contribution in [3.8, 4) is 0 Å². The largest absolute Gasteiger partial charge is 0.353 e. The third-order valence-corrected chi connectivity index (χ3v) is 3.29. The zero-order chi connectivity index (χ0) is 13.5. The molecule has 1 N–H and O–H groups in total. The second kappa shape index (κ2) is 7.36. The van der Waals surface area contributed by atoms with Crippen LogP contribution in [0.4, 0.5) is 0 Å². The highest BCUT2D eigenvalue weighted by molar-refractivity contribution is 5.77. The number of likely N-dealkylation sites (tertiary alicyclic amines) is 1. The lowest BCUT2D eigenvalue weighted by atomic mass is 10.0. The summed E-state index contributed by atoms with van der Waals surface area (Å²) in [6.45, 7) is 4.27. The lowest BCUT2D eigenvalue weighted by Gasteiger charge is -2.32. The van der Waals surface area contributed by atoms with Crippen LogP contribution in [0.5, 0.6) is 0 Å². The molecule has 0 atom stereocenters. The summed E-state index contributed by atoms with van der Waals surface area (Å²) in [7, 11) is 3.56. The van der Waals surface area contributed by atoms with Gasteiger partial charge < -0.3 is 10.2 Å². The third kappa shape index (κ3) is 5.04. The molecule has 1 aliphatic heterocycles. The lowest BCUT2D eigenvalue weighted by molar-refractivity contribution is -0.130. The molecule has 1 fully saturated rings. The maximum absolute atomic E-state index is 11.6. The average molecular weight is 255 g/mol. The Morgan fingerprint density at radius 3 is 2.39 bits per heavy atom. The molecule has 0 spiro atoms. The summed E-state index contributed by atoms with van der Waals surface area (Å²) in [5, 5.41) is 3.06. The van der Waals surface area contributed by atoms with E-state index in [-0.39, 0.29) is 17.9 Å². The highest BCUT2D eigenvalue weighted by Crippen LogP contribution is 2.10. The fourth-order valence-electron chi connectivity index (χ4n) is 2.10. The number of hydrogen-bond acceptors (Lipinski definition) is 3. The summed E-state index contributed by atoms with van der Waals surface area (Å²) in [5.74, 6) is 0.295. The molecule has 0 aromatic heterocycles. The van der Waals surface area contributed by atoms with Crippen LogP contribution in [-0.4, -0.2) is 61.4 Å². The van der Waals surface area contributed by atoms with Crippen LogP contribution in [0.15, 0.2) is 0 Å². The van der Waals surface area contributed by atoms with Crippen molar-refractivity contribution < 1.29 is 9.59 Å². The highest BCUT2D eigenvalue weighted by Gasteiger charge is 2.22. The SMILES string of the molecule is CCCC(=O)NC1CCN(CC(=O)N(C)C)CC1. The molecule has 0 bridgehead atoms. The molecule has 0 aliphatic carbocycles. The quantitative estimate of drug-likeness (QED) is 0.776. The van der Waals surface area contributed by atoms with E-state index >= 15 is 0 Å². The van der Waals surface area contributed by atoms with Crippen molar-refractivity contribution in [3.05, 3.63) is 0 Å². The zero-order valence-corrected chi connectivity index (χ0v) is 11.7. The summed E-state index contributed by atoms with van der Waals surface area (Å²) in [6.07, 6.45) is 3.38. The van der Waals surface area contributed by atoms with Gasteiger partial charge in [-0.3, -0.25) is 14.5 Å². The van der Waals surface area contributed by atoms with Crippen molar-refractivity contribution >= 4 is 11.8 Å². The topological polar surface area (TPSA) is 52.7 Å². The lowest BCUT2D eigenvalue weighted by Crippen LogP contribution is -2.47. The number of amides is 2. The monoisotopic (exact) mass is 255 g/mol.